The molecule has 0 saturated carbocycles. The second-order valence-corrected chi connectivity index (χ2v) is 5.63. The average Bonchev–Trinajstić information content (AvgIpc) is 2.44. The summed E-state index contributed by atoms with van der Waals surface area (Å²) in [6.07, 6.45) is 3.76. The van der Waals surface area contributed by atoms with Gasteiger partial charge < -0.3 is 9.84 Å². The lowest BCUT2D eigenvalue weighted by Gasteiger charge is -2.21. The van der Waals surface area contributed by atoms with Crippen molar-refractivity contribution in [1.29, 1.82) is 0 Å². The number of carboxylic acids is 1. The predicted molar refractivity (Wildman–Crippen MR) is 85.0 cm³/mol. The highest BCUT2D eigenvalue weighted by Crippen LogP contribution is 2.20. The van der Waals surface area contributed by atoms with Crippen molar-refractivity contribution in [2.45, 2.75) is 32.3 Å². The number of hydrogen-bond donors (Lipinski definition) is 2. The number of carbonyl (C=O) groups excluding carboxylic acids is 1. The normalized spacial score (nSPS) is 13.1. The lowest BCUT2D eigenvalue weighted by molar-refractivity contribution is -0.149. The van der Waals surface area contributed by atoms with Crippen molar-refractivity contribution >= 4 is 24.6 Å². The first-order valence-electron chi connectivity index (χ1n) is 6.60. The Kier molecular flexibility index (Phi) is 6.03. The molecular weight excluding hydrogens is 288 g/mol. The molecule has 0 aromatic heterocycles. The van der Waals surface area contributed by atoms with Gasteiger partial charge in [-0.05, 0) is 43.5 Å². The lowest BCUT2D eigenvalue weighted by atomic mass is 9.97. The second-order valence-electron chi connectivity index (χ2n) is 5.31. The number of hydrogen-bond acceptors (Lipinski definition) is 4. The van der Waals surface area contributed by atoms with Crippen LogP contribution in [-0.2, 0) is 9.53 Å². The summed E-state index contributed by atoms with van der Waals surface area (Å²) in [4.78, 5) is 22.1. The Balaban J connectivity index is 2.75. The summed E-state index contributed by atoms with van der Waals surface area (Å²) in [5.74, 6) is -1.18. The van der Waals surface area contributed by atoms with Crippen LogP contribution in [0.25, 0.3) is 0 Å². The molecule has 0 aliphatic carbocycles. The van der Waals surface area contributed by atoms with Crippen LogP contribution < -0.4 is 0 Å². The number of rotatable bonds is 6. The molecule has 0 aliphatic rings. The van der Waals surface area contributed by atoms with Crippen LogP contribution in [0.1, 0.15) is 42.6 Å². The fourth-order valence-electron chi connectivity index (χ4n) is 1.78. The molecule has 5 heteroatoms. The Bertz CT molecular complexity index is 532. The third kappa shape index (κ3) is 5.63. The van der Waals surface area contributed by atoms with E-state index in [0.717, 1.165) is 5.56 Å². The maximum Gasteiger partial charge on any atom is 0.335 e. The van der Waals surface area contributed by atoms with Crippen LogP contribution in [0.3, 0.4) is 0 Å². The number of aromatic carboxylic acids is 1. The number of esters is 1. The molecular formula is C16H20O4S. The highest BCUT2D eigenvalue weighted by molar-refractivity contribution is 7.81. The molecule has 4 nitrogen and oxygen atoms in total. The van der Waals surface area contributed by atoms with Crippen molar-refractivity contribution < 1.29 is 19.4 Å². The minimum Gasteiger partial charge on any atom is -0.478 e. The molecule has 114 valence electrons. The van der Waals surface area contributed by atoms with Crippen LogP contribution in [0.2, 0.25) is 0 Å². The van der Waals surface area contributed by atoms with E-state index >= 15 is 0 Å². The molecule has 0 aliphatic heterocycles. The molecule has 0 spiro atoms. The highest BCUT2D eigenvalue weighted by Gasteiger charge is 2.18. The van der Waals surface area contributed by atoms with Crippen molar-refractivity contribution in [3.05, 3.63) is 47.5 Å². The summed E-state index contributed by atoms with van der Waals surface area (Å²) in [6, 6.07) is 6.72. The molecule has 0 bridgehead atoms. The first-order chi connectivity index (χ1) is 9.75. The summed E-state index contributed by atoms with van der Waals surface area (Å²) in [5, 5.41) is 8.86. The van der Waals surface area contributed by atoms with E-state index in [1.165, 1.54) is 0 Å². The van der Waals surface area contributed by atoms with Crippen molar-refractivity contribution in [1.82, 2.24) is 0 Å². The van der Waals surface area contributed by atoms with Crippen molar-refractivity contribution in [3.63, 3.8) is 0 Å². The maximum atomic E-state index is 11.3. The number of thiol groups is 1. The van der Waals surface area contributed by atoms with Gasteiger partial charge in [0.25, 0.3) is 0 Å². The van der Waals surface area contributed by atoms with E-state index in [4.69, 9.17) is 9.84 Å². The van der Waals surface area contributed by atoms with E-state index in [2.05, 4.69) is 12.6 Å². The van der Waals surface area contributed by atoms with Gasteiger partial charge in [0.1, 0.15) is 5.60 Å². The van der Waals surface area contributed by atoms with Gasteiger partial charge in [-0.25, -0.2) is 4.79 Å². The number of carboxylic acid groups (broad SMARTS) is 1. The highest BCUT2D eigenvalue weighted by atomic mass is 32.1. The zero-order valence-corrected chi connectivity index (χ0v) is 13.3. The van der Waals surface area contributed by atoms with E-state index in [1.54, 1.807) is 38.1 Å². The van der Waals surface area contributed by atoms with Crippen LogP contribution >= 0.6 is 12.6 Å². The maximum absolute atomic E-state index is 11.3. The van der Waals surface area contributed by atoms with E-state index in [-0.39, 0.29) is 23.2 Å². The van der Waals surface area contributed by atoms with Crippen molar-refractivity contribution in [2.75, 3.05) is 5.75 Å². The van der Waals surface area contributed by atoms with Crippen LogP contribution in [0.15, 0.2) is 36.4 Å². The van der Waals surface area contributed by atoms with E-state index in [0.29, 0.717) is 0 Å². The van der Waals surface area contributed by atoms with Crippen molar-refractivity contribution in [2.24, 2.45) is 0 Å². The van der Waals surface area contributed by atoms with Crippen molar-refractivity contribution in [3.8, 4) is 0 Å². The standard InChI is InChI=1S/C16H20O4S/c1-11(8-9-16(2,3)20-14(17)10-21)12-4-6-13(7-5-12)15(18)19/h4-9,11,21H,10H2,1-3H3,(H,18,19)/b9-8+. The minimum atomic E-state index is -0.940. The second kappa shape index (κ2) is 7.31. The zero-order chi connectivity index (χ0) is 16.0. The summed E-state index contributed by atoms with van der Waals surface area (Å²) in [6.45, 7) is 5.58. The van der Waals surface area contributed by atoms with Gasteiger partial charge in [0.05, 0.1) is 11.3 Å². The monoisotopic (exact) mass is 308 g/mol. The fourth-order valence-corrected chi connectivity index (χ4v) is 1.84. The minimum absolute atomic E-state index is 0.0451. The van der Waals surface area contributed by atoms with E-state index in [1.807, 2.05) is 19.1 Å². The van der Waals surface area contributed by atoms with Gasteiger partial charge in [-0.15, -0.1) is 0 Å². The quantitative estimate of drug-likeness (QED) is 0.481. The largest absolute Gasteiger partial charge is 0.478 e. The smallest absolute Gasteiger partial charge is 0.335 e. The van der Waals surface area contributed by atoms with Crippen LogP contribution in [0, 0.1) is 0 Å². The van der Waals surface area contributed by atoms with Gasteiger partial charge in [-0.3, -0.25) is 4.79 Å². The topological polar surface area (TPSA) is 63.6 Å². The van der Waals surface area contributed by atoms with Gasteiger partial charge in [0.2, 0.25) is 0 Å². The van der Waals surface area contributed by atoms with E-state index < -0.39 is 11.6 Å². The molecule has 1 unspecified atom stereocenters. The van der Waals surface area contributed by atoms with E-state index in [9.17, 15) is 9.59 Å². The van der Waals surface area contributed by atoms with Gasteiger partial charge in [-0.2, -0.15) is 12.6 Å². The van der Waals surface area contributed by atoms with Gasteiger partial charge in [0, 0.05) is 0 Å². The summed E-state index contributed by atoms with van der Waals surface area (Å²) in [5.41, 5.74) is 0.556. The summed E-state index contributed by atoms with van der Waals surface area (Å²) < 4.78 is 5.24. The molecule has 0 heterocycles. The van der Waals surface area contributed by atoms with Crippen LogP contribution in [0.5, 0.6) is 0 Å². The van der Waals surface area contributed by atoms with Gasteiger partial charge in [0.15, 0.2) is 0 Å². The Morgan fingerprint density at radius 1 is 1.33 bits per heavy atom. The Labute approximate surface area is 130 Å². The molecule has 1 rings (SSSR count). The SMILES string of the molecule is CC(/C=C/C(C)(C)OC(=O)CS)c1ccc(C(=O)O)cc1. The molecule has 1 atom stereocenters. The molecule has 1 aromatic rings. The third-order valence-corrected chi connectivity index (χ3v) is 3.23. The number of benzene rings is 1. The molecule has 0 radical (unpaired) electrons. The van der Waals surface area contributed by atoms with Crippen LogP contribution in [0.4, 0.5) is 0 Å². The Morgan fingerprint density at radius 2 is 1.90 bits per heavy atom. The average molecular weight is 308 g/mol. The Hall–Kier alpha value is -1.75. The molecule has 0 fully saturated rings. The molecule has 0 amide bonds. The fraction of sp³-hybridized carbons (Fsp3) is 0.375. The Morgan fingerprint density at radius 3 is 2.38 bits per heavy atom. The molecule has 21 heavy (non-hydrogen) atoms. The molecule has 1 aromatic carbocycles. The number of carbonyl (C=O) groups is 2. The van der Waals surface area contributed by atoms with Gasteiger partial charge in [-0.1, -0.05) is 25.1 Å². The summed E-state index contributed by atoms with van der Waals surface area (Å²) in [7, 11) is 0. The predicted octanol–water partition coefficient (Wildman–Crippen LogP) is 3.30. The first-order valence-corrected chi connectivity index (χ1v) is 7.24. The first kappa shape index (κ1) is 17.3. The molecule has 0 saturated heterocycles. The zero-order valence-electron chi connectivity index (χ0n) is 12.4. The van der Waals surface area contributed by atoms with Gasteiger partial charge >= 0.3 is 11.9 Å². The molecule has 1 N–H and O–H groups in total. The van der Waals surface area contributed by atoms with Crippen LogP contribution in [-0.4, -0.2) is 28.4 Å². The third-order valence-electron chi connectivity index (χ3n) is 2.98. The number of allylic oxidation sites excluding steroid dienone is 1. The summed E-state index contributed by atoms with van der Waals surface area (Å²) >= 11 is 3.87. The lowest BCUT2D eigenvalue weighted by Crippen LogP contribution is -2.26. The number of ether oxygens (including phenoxy) is 1.